The normalized spacial score (nSPS) is 13.8. The van der Waals surface area contributed by atoms with Crippen LogP contribution >= 0.6 is 0 Å². The van der Waals surface area contributed by atoms with E-state index in [0.717, 1.165) is 0 Å². The van der Waals surface area contributed by atoms with Crippen LogP contribution < -0.4 is 0 Å². The number of hydrogen-bond donors (Lipinski definition) is 1. The molecule has 0 aliphatic rings. The van der Waals surface area contributed by atoms with Gasteiger partial charge in [0.2, 0.25) is 0 Å². The molecule has 1 N–H and O–H groups in total. The van der Waals surface area contributed by atoms with Crippen LogP contribution in [0.3, 0.4) is 0 Å². The lowest BCUT2D eigenvalue weighted by molar-refractivity contribution is -0.132. The van der Waals surface area contributed by atoms with Crippen molar-refractivity contribution >= 4 is 5.97 Å². The summed E-state index contributed by atoms with van der Waals surface area (Å²) in [4.78, 5) is 10.3. The summed E-state index contributed by atoms with van der Waals surface area (Å²) in [5.41, 5.74) is 0.277. The van der Waals surface area contributed by atoms with E-state index in [1.807, 2.05) is 0 Å². The summed E-state index contributed by atoms with van der Waals surface area (Å²) in [5, 5.41) is 8.45. The third-order valence-electron chi connectivity index (χ3n) is 1.13. The molecular formula is C8H12O3. The topological polar surface area (TPSA) is 46.5 Å². The molecule has 0 saturated carbocycles. The first-order chi connectivity index (χ1) is 5.07. The molecule has 0 radical (unpaired) electrons. The number of carboxylic acid groups (broad SMARTS) is 1. The molecule has 0 amide bonds. The summed E-state index contributed by atoms with van der Waals surface area (Å²) < 4.78 is 4.89. The first-order valence-corrected chi connectivity index (χ1v) is 3.26. The van der Waals surface area contributed by atoms with E-state index >= 15 is 0 Å². The van der Waals surface area contributed by atoms with Crippen molar-refractivity contribution in [3.8, 4) is 0 Å². The van der Waals surface area contributed by atoms with Crippen LogP contribution in [0.1, 0.15) is 13.8 Å². The Hall–Kier alpha value is -1.25. The zero-order chi connectivity index (χ0) is 8.85. The predicted molar refractivity (Wildman–Crippen MR) is 42.1 cm³/mol. The summed E-state index contributed by atoms with van der Waals surface area (Å²) in [7, 11) is 0. The second kappa shape index (κ2) is 4.55. The van der Waals surface area contributed by atoms with Crippen LogP contribution in [-0.2, 0) is 9.53 Å². The van der Waals surface area contributed by atoms with Crippen molar-refractivity contribution in [2.45, 2.75) is 20.0 Å². The predicted octanol–water partition coefficient (Wildman–Crippen LogP) is 1.57. The molecule has 62 valence electrons. The highest BCUT2D eigenvalue weighted by Crippen LogP contribution is 1.99. The second-order valence-corrected chi connectivity index (χ2v) is 2.16. The first-order valence-electron chi connectivity index (χ1n) is 3.26. The quantitative estimate of drug-likeness (QED) is 0.496. The van der Waals surface area contributed by atoms with Crippen LogP contribution in [0.5, 0.6) is 0 Å². The highest BCUT2D eigenvalue weighted by atomic mass is 16.5. The fourth-order valence-corrected chi connectivity index (χ4v) is 0.614. The molecule has 0 spiro atoms. The molecule has 0 aliphatic carbocycles. The number of carbonyl (C=O) groups is 1. The third-order valence-corrected chi connectivity index (χ3v) is 1.13. The van der Waals surface area contributed by atoms with Crippen molar-refractivity contribution in [3.05, 3.63) is 24.5 Å². The van der Waals surface area contributed by atoms with Gasteiger partial charge in [-0.05, 0) is 19.9 Å². The Labute approximate surface area is 66.0 Å². The maximum atomic E-state index is 10.3. The minimum Gasteiger partial charge on any atom is -0.495 e. The monoisotopic (exact) mass is 156 g/mol. The number of rotatable bonds is 4. The van der Waals surface area contributed by atoms with Gasteiger partial charge in [-0.3, -0.25) is 0 Å². The van der Waals surface area contributed by atoms with E-state index in [-0.39, 0.29) is 11.7 Å². The maximum absolute atomic E-state index is 10.3. The largest absolute Gasteiger partial charge is 0.495 e. The Morgan fingerprint density at radius 1 is 1.73 bits per heavy atom. The van der Waals surface area contributed by atoms with E-state index < -0.39 is 5.97 Å². The number of hydrogen-bond acceptors (Lipinski definition) is 2. The molecule has 0 rings (SSSR count). The molecule has 0 aliphatic heterocycles. The summed E-state index contributed by atoms with van der Waals surface area (Å²) in [6, 6.07) is 0. The number of carboxylic acids is 1. The molecule has 0 bridgehead atoms. The average Bonchev–Trinajstić information content (AvgIpc) is 1.87. The molecule has 1 unspecified atom stereocenters. The maximum Gasteiger partial charge on any atom is 0.331 e. The molecule has 11 heavy (non-hydrogen) atoms. The summed E-state index contributed by atoms with van der Waals surface area (Å²) >= 11 is 0. The molecule has 1 atom stereocenters. The van der Waals surface area contributed by atoms with Gasteiger partial charge in [-0.15, -0.1) is 0 Å². The van der Waals surface area contributed by atoms with Crippen molar-refractivity contribution in [1.82, 2.24) is 0 Å². The van der Waals surface area contributed by atoms with E-state index in [9.17, 15) is 4.79 Å². The van der Waals surface area contributed by atoms with Crippen LogP contribution in [0.4, 0.5) is 0 Å². The van der Waals surface area contributed by atoms with Gasteiger partial charge in [0.25, 0.3) is 0 Å². The fraction of sp³-hybridized carbons (Fsp3) is 0.375. The molecule has 3 heteroatoms. The van der Waals surface area contributed by atoms with Gasteiger partial charge in [0, 0.05) is 5.57 Å². The number of aliphatic carboxylic acids is 1. The standard InChI is InChI=1S/C8H12O3/c1-4-11-7(3)5-6(2)8(9)10/h4-5,7H,1H2,2-3H3,(H,9,10). The van der Waals surface area contributed by atoms with Crippen molar-refractivity contribution in [2.24, 2.45) is 0 Å². The summed E-state index contributed by atoms with van der Waals surface area (Å²) in [5.74, 6) is -0.926. The molecule has 3 nitrogen and oxygen atoms in total. The Bertz CT molecular complexity index is 182. The minimum atomic E-state index is -0.926. The smallest absolute Gasteiger partial charge is 0.331 e. The Balaban J connectivity index is 4.06. The van der Waals surface area contributed by atoms with E-state index in [1.165, 1.54) is 19.3 Å². The van der Waals surface area contributed by atoms with Crippen molar-refractivity contribution in [3.63, 3.8) is 0 Å². The van der Waals surface area contributed by atoms with Crippen LogP contribution in [-0.4, -0.2) is 17.2 Å². The lowest BCUT2D eigenvalue weighted by Crippen LogP contribution is -2.04. The van der Waals surface area contributed by atoms with E-state index in [1.54, 1.807) is 6.92 Å². The highest BCUT2D eigenvalue weighted by Gasteiger charge is 2.02. The zero-order valence-electron chi connectivity index (χ0n) is 6.70. The first kappa shape index (κ1) is 9.75. The molecule has 0 heterocycles. The van der Waals surface area contributed by atoms with Crippen LogP contribution in [0.15, 0.2) is 24.5 Å². The van der Waals surface area contributed by atoms with Gasteiger partial charge in [-0.1, -0.05) is 6.58 Å². The second-order valence-electron chi connectivity index (χ2n) is 2.16. The van der Waals surface area contributed by atoms with Crippen molar-refractivity contribution < 1.29 is 14.6 Å². The third kappa shape index (κ3) is 4.19. The Morgan fingerprint density at radius 2 is 2.27 bits per heavy atom. The summed E-state index contributed by atoms with van der Waals surface area (Å²) in [6.45, 7) is 6.62. The van der Waals surface area contributed by atoms with Crippen molar-refractivity contribution in [2.75, 3.05) is 0 Å². The lowest BCUT2D eigenvalue weighted by atomic mass is 10.2. The average molecular weight is 156 g/mol. The van der Waals surface area contributed by atoms with Crippen LogP contribution in [0.2, 0.25) is 0 Å². The fourth-order valence-electron chi connectivity index (χ4n) is 0.614. The van der Waals surface area contributed by atoms with E-state index in [0.29, 0.717) is 0 Å². The lowest BCUT2D eigenvalue weighted by Gasteiger charge is -2.05. The Morgan fingerprint density at radius 3 is 2.64 bits per heavy atom. The summed E-state index contributed by atoms with van der Waals surface area (Å²) in [6.07, 6.45) is 2.57. The zero-order valence-corrected chi connectivity index (χ0v) is 6.70. The van der Waals surface area contributed by atoms with Gasteiger partial charge in [0.05, 0.1) is 6.26 Å². The van der Waals surface area contributed by atoms with Gasteiger partial charge >= 0.3 is 5.97 Å². The molecule has 0 aromatic carbocycles. The number of ether oxygens (including phenoxy) is 1. The molecule has 0 aromatic heterocycles. The van der Waals surface area contributed by atoms with Gasteiger partial charge in [-0.25, -0.2) is 4.79 Å². The molecular weight excluding hydrogens is 144 g/mol. The molecule has 0 fully saturated rings. The van der Waals surface area contributed by atoms with Crippen LogP contribution in [0, 0.1) is 0 Å². The molecule has 0 aromatic rings. The SMILES string of the molecule is C=COC(C)C=C(C)C(=O)O. The molecule has 0 saturated heterocycles. The van der Waals surface area contributed by atoms with E-state index in [2.05, 4.69) is 6.58 Å². The van der Waals surface area contributed by atoms with Gasteiger partial charge < -0.3 is 9.84 Å². The Kier molecular flexibility index (Phi) is 4.03. The van der Waals surface area contributed by atoms with Gasteiger partial charge in [0.1, 0.15) is 6.10 Å². The van der Waals surface area contributed by atoms with E-state index in [4.69, 9.17) is 9.84 Å². The van der Waals surface area contributed by atoms with Crippen molar-refractivity contribution in [1.29, 1.82) is 0 Å². The van der Waals surface area contributed by atoms with Gasteiger partial charge in [0.15, 0.2) is 0 Å². The minimum absolute atomic E-state index is 0.233. The van der Waals surface area contributed by atoms with Gasteiger partial charge in [-0.2, -0.15) is 0 Å². The highest BCUT2D eigenvalue weighted by molar-refractivity contribution is 5.85. The van der Waals surface area contributed by atoms with Crippen LogP contribution in [0.25, 0.3) is 0 Å².